The molecule has 2 heterocycles. The quantitative estimate of drug-likeness (QED) is 0.193. The lowest BCUT2D eigenvalue weighted by atomic mass is 10.1. The van der Waals surface area contributed by atoms with Crippen LogP contribution >= 0.6 is 15.9 Å². The van der Waals surface area contributed by atoms with Crippen molar-refractivity contribution in [2.24, 2.45) is 0 Å². The van der Waals surface area contributed by atoms with Gasteiger partial charge in [-0.3, -0.25) is 4.79 Å². The van der Waals surface area contributed by atoms with Crippen molar-refractivity contribution in [3.63, 3.8) is 0 Å². The van der Waals surface area contributed by atoms with Gasteiger partial charge in [-0.05, 0) is 55.5 Å². The van der Waals surface area contributed by atoms with E-state index in [2.05, 4.69) is 33.5 Å². The number of rotatable bonds is 4. The molecule has 0 fully saturated rings. The number of aromatic nitrogens is 1. The van der Waals surface area contributed by atoms with E-state index in [0.717, 1.165) is 27.5 Å². The molecule has 4 aromatic rings. The Morgan fingerprint density at radius 3 is 2.66 bits per heavy atom. The Hall–Kier alpha value is -3.64. The van der Waals surface area contributed by atoms with Gasteiger partial charge in [0.2, 0.25) is 5.78 Å². The Labute approximate surface area is 193 Å². The van der Waals surface area contributed by atoms with E-state index in [-0.39, 0.29) is 11.5 Å². The van der Waals surface area contributed by atoms with Crippen molar-refractivity contribution in [2.75, 3.05) is 0 Å². The molecule has 0 bridgehead atoms. The van der Waals surface area contributed by atoms with Gasteiger partial charge < -0.3 is 14.0 Å². The fourth-order valence-corrected chi connectivity index (χ4v) is 4.04. The van der Waals surface area contributed by atoms with E-state index in [1.807, 2.05) is 24.4 Å². The van der Waals surface area contributed by atoms with Crippen LogP contribution in [0.2, 0.25) is 0 Å². The summed E-state index contributed by atoms with van der Waals surface area (Å²) >= 11 is 3.34. The zero-order valence-corrected chi connectivity index (χ0v) is 18.8. The number of carbonyl (C=O) groups is 2. The molecule has 5 rings (SSSR count). The van der Waals surface area contributed by atoms with Crippen LogP contribution in [0.15, 0.2) is 83.2 Å². The molecule has 0 radical (unpaired) electrons. The number of fused-ring (bicyclic) bond motifs is 2. The van der Waals surface area contributed by atoms with Crippen LogP contribution in [0.4, 0.5) is 0 Å². The van der Waals surface area contributed by atoms with Crippen molar-refractivity contribution >= 4 is 44.7 Å². The van der Waals surface area contributed by atoms with E-state index in [1.165, 1.54) is 0 Å². The molecular formula is C26H18BrNO4. The third-order valence-electron chi connectivity index (χ3n) is 5.38. The number of carbonyl (C=O) groups excluding carboxylic acids is 2. The average Bonchev–Trinajstić information content (AvgIpc) is 3.31. The number of esters is 1. The molecule has 0 saturated carbocycles. The molecule has 0 spiro atoms. The highest BCUT2D eigenvalue weighted by molar-refractivity contribution is 9.10. The van der Waals surface area contributed by atoms with Gasteiger partial charge in [0.15, 0.2) is 5.76 Å². The molecule has 0 aliphatic carbocycles. The smallest absolute Gasteiger partial charge is 0.343 e. The molecule has 0 amide bonds. The summed E-state index contributed by atoms with van der Waals surface area (Å²) in [5.74, 6) is 0.259. The van der Waals surface area contributed by atoms with E-state index in [4.69, 9.17) is 9.47 Å². The lowest BCUT2D eigenvalue weighted by molar-refractivity contribution is 0.0734. The highest BCUT2D eigenvalue weighted by Crippen LogP contribution is 2.36. The summed E-state index contributed by atoms with van der Waals surface area (Å²) in [6.45, 7) is 2.90. The van der Waals surface area contributed by atoms with Crippen molar-refractivity contribution in [1.29, 1.82) is 0 Å². The highest BCUT2D eigenvalue weighted by atomic mass is 79.9. The second-order valence-corrected chi connectivity index (χ2v) is 8.30. The Balaban J connectivity index is 1.42. The van der Waals surface area contributed by atoms with E-state index >= 15 is 0 Å². The maximum atomic E-state index is 12.9. The number of ether oxygens (including phenoxy) is 2. The second kappa shape index (κ2) is 8.13. The molecule has 6 heteroatoms. The molecule has 1 aliphatic heterocycles. The topological polar surface area (TPSA) is 57.5 Å². The first kappa shape index (κ1) is 20.3. The van der Waals surface area contributed by atoms with Crippen molar-refractivity contribution in [3.05, 3.63) is 99.8 Å². The van der Waals surface area contributed by atoms with E-state index in [1.54, 1.807) is 48.5 Å². The predicted octanol–water partition coefficient (Wildman–Crippen LogP) is 6.26. The average molecular weight is 488 g/mol. The molecule has 158 valence electrons. The first-order chi connectivity index (χ1) is 15.5. The molecule has 3 aromatic carbocycles. The third-order valence-corrected chi connectivity index (χ3v) is 5.91. The minimum Gasteiger partial charge on any atom is -0.452 e. The van der Waals surface area contributed by atoms with Crippen LogP contribution in [0.5, 0.6) is 11.5 Å². The number of nitrogens with zero attached hydrogens (tertiary/aromatic N) is 1. The number of allylic oxidation sites excluding steroid dienone is 1. The standard InChI is InChI=1S/C26H18BrNO4/c1-2-28-15-17(20-5-3-4-6-22(20)28)13-24-25(29)21-12-11-19(14-23(21)32-24)31-26(30)16-7-9-18(27)10-8-16/h3-15H,2H2,1H3/b24-13+. The summed E-state index contributed by atoms with van der Waals surface area (Å²) in [6, 6.07) is 19.7. The maximum Gasteiger partial charge on any atom is 0.343 e. The fraction of sp³-hybridized carbons (Fsp3) is 0.0769. The summed E-state index contributed by atoms with van der Waals surface area (Å²) in [7, 11) is 0. The monoisotopic (exact) mass is 487 g/mol. The largest absolute Gasteiger partial charge is 0.452 e. The lowest BCUT2D eigenvalue weighted by Gasteiger charge is -2.05. The molecule has 0 N–H and O–H groups in total. The van der Waals surface area contributed by atoms with Crippen LogP contribution < -0.4 is 9.47 Å². The van der Waals surface area contributed by atoms with Gasteiger partial charge in [0.1, 0.15) is 11.5 Å². The normalized spacial score (nSPS) is 13.9. The van der Waals surface area contributed by atoms with Crippen molar-refractivity contribution in [3.8, 4) is 11.5 Å². The number of ketones is 1. The number of hydrogen-bond donors (Lipinski definition) is 0. The molecule has 1 aliphatic rings. The van der Waals surface area contributed by atoms with E-state index in [9.17, 15) is 9.59 Å². The zero-order chi connectivity index (χ0) is 22.2. The third kappa shape index (κ3) is 3.63. The maximum absolute atomic E-state index is 12.9. The van der Waals surface area contributed by atoms with E-state index < -0.39 is 5.97 Å². The lowest BCUT2D eigenvalue weighted by Crippen LogP contribution is -2.08. The summed E-state index contributed by atoms with van der Waals surface area (Å²) in [4.78, 5) is 25.3. The fourth-order valence-electron chi connectivity index (χ4n) is 3.78. The molecular weight excluding hydrogens is 470 g/mol. The Morgan fingerprint density at radius 1 is 1.09 bits per heavy atom. The van der Waals surface area contributed by atoms with Crippen LogP contribution in [-0.4, -0.2) is 16.3 Å². The van der Waals surface area contributed by atoms with Gasteiger partial charge in [-0.25, -0.2) is 4.79 Å². The number of benzene rings is 3. The van der Waals surface area contributed by atoms with Crippen LogP contribution in [0.25, 0.3) is 17.0 Å². The van der Waals surface area contributed by atoms with Gasteiger partial charge in [-0.2, -0.15) is 0 Å². The SMILES string of the molecule is CCn1cc(/C=C2/Oc3cc(OC(=O)c4ccc(Br)cc4)ccc3C2=O)c2ccccc21. The highest BCUT2D eigenvalue weighted by Gasteiger charge is 2.28. The number of aryl methyl sites for hydroxylation is 1. The van der Waals surface area contributed by atoms with Gasteiger partial charge in [-0.1, -0.05) is 34.1 Å². The van der Waals surface area contributed by atoms with Crippen LogP contribution in [-0.2, 0) is 6.54 Å². The van der Waals surface area contributed by atoms with Crippen molar-refractivity contribution in [2.45, 2.75) is 13.5 Å². The van der Waals surface area contributed by atoms with Gasteiger partial charge in [0.05, 0.1) is 11.1 Å². The summed E-state index contributed by atoms with van der Waals surface area (Å²) < 4.78 is 14.3. The predicted molar refractivity (Wildman–Crippen MR) is 126 cm³/mol. The summed E-state index contributed by atoms with van der Waals surface area (Å²) in [6.07, 6.45) is 3.78. The molecule has 32 heavy (non-hydrogen) atoms. The minimum atomic E-state index is -0.482. The Bertz CT molecular complexity index is 1400. The summed E-state index contributed by atoms with van der Waals surface area (Å²) in [5, 5.41) is 1.05. The van der Waals surface area contributed by atoms with Crippen LogP contribution in [0, 0.1) is 0 Å². The molecule has 0 atom stereocenters. The van der Waals surface area contributed by atoms with Crippen molar-refractivity contribution < 1.29 is 19.1 Å². The van der Waals surface area contributed by atoms with E-state index in [0.29, 0.717) is 22.6 Å². The van der Waals surface area contributed by atoms with Gasteiger partial charge in [-0.15, -0.1) is 0 Å². The van der Waals surface area contributed by atoms with Crippen LogP contribution in [0.1, 0.15) is 33.2 Å². The number of hydrogen-bond acceptors (Lipinski definition) is 4. The zero-order valence-electron chi connectivity index (χ0n) is 17.2. The van der Waals surface area contributed by atoms with Crippen LogP contribution in [0.3, 0.4) is 0 Å². The first-order valence-corrected chi connectivity index (χ1v) is 11.0. The number of para-hydroxylation sites is 1. The minimum absolute atomic E-state index is 0.195. The first-order valence-electron chi connectivity index (χ1n) is 10.2. The Morgan fingerprint density at radius 2 is 1.88 bits per heavy atom. The van der Waals surface area contributed by atoms with Gasteiger partial charge >= 0.3 is 5.97 Å². The summed E-state index contributed by atoms with van der Waals surface area (Å²) in [5.41, 5.74) is 2.89. The molecule has 0 saturated heterocycles. The van der Waals surface area contributed by atoms with Gasteiger partial charge in [0, 0.05) is 39.7 Å². The van der Waals surface area contributed by atoms with Gasteiger partial charge in [0.25, 0.3) is 0 Å². The molecule has 0 unspecified atom stereocenters. The van der Waals surface area contributed by atoms with Crippen molar-refractivity contribution in [1.82, 2.24) is 4.57 Å². The molecule has 1 aromatic heterocycles. The Kier molecular flexibility index (Phi) is 5.15. The number of halogens is 1. The molecule has 5 nitrogen and oxygen atoms in total. The number of Topliss-reactive ketones (excluding diaryl/α,β-unsaturated/α-hetero) is 1. The second-order valence-electron chi connectivity index (χ2n) is 7.38.